The summed E-state index contributed by atoms with van der Waals surface area (Å²) >= 11 is 0. The molecule has 112 valence electrons. The molecule has 0 unspecified atom stereocenters. The van der Waals surface area contributed by atoms with E-state index >= 15 is 0 Å². The average Bonchev–Trinajstić information content (AvgIpc) is 2.50. The van der Waals surface area contributed by atoms with Crippen molar-refractivity contribution >= 4 is 17.0 Å². The summed E-state index contributed by atoms with van der Waals surface area (Å²) in [5.41, 5.74) is -0.657. The van der Waals surface area contributed by atoms with Gasteiger partial charge >= 0.3 is 11.3 Å². The highest BCUT2D eigenvalue weighted by Gasteiger charge is 2.07. The number of para-hydroxylation sites is 1. The van der Waals surface area contributed by atoms with Gasteiger partial charge in [-0.2, -0.15) is 0 Å². The van der Waals surface area contributed by atoms with Gasteiger partial charge in [0.05, 0.1) is 11.9 Å². The van der Waals surface area contributed by atoms with Crippen LogP contribution in [0.2, 0.25) is 0 Å². The normalized spacial score (nSPS) is 10.7. The van der Waals surface area contributed by atoms with Crippen LogP contribution in [-0.2, 0) is 6.42 Å². The van der Waals surface area contributed by atoms with Crippen LogP contribution in [-0.4, -0.2) is 16.6 Å². The van der Waals surface area contributed by atoms with Crippen LogP contribution in [0.15, 0.2) is 55.0 Å². The van der Waals surface area contributed by atoms with Gasteiger partial charge in [-0.1, -0.05) is 18.2 Å². The molecule has 2 N–H and O–H groups in total. The van der Waals surface area contributed by atoms with Gasteiger partial charge in [-0.25, -0.2) is 14.6 Å². The molecule has 0 bridgehead atoms. The molecule has 2 heterocycles. The average molecular weight is 300 g/mol. The van der Waals surface area contributed by atoms with Crippen LogP contribution < -0.4 is 16.6 Å². The molecule has 0 atom stereocenters. The van der Waals surface area contributed by atoms with Gasteiger partial charge in [-0.05, 0) is 18.1 Å². The van der Waals surface area contributed by atoms with Crippen molar-refractivity contribution < 1.29 is 13.9 Å². The van der Waals surface area contributed by atoms with E-state index in [1.54, 1.807) is 12.1 Å². The maximum atomic E-state index is 11.1. The highest BCUT2D eigenvalue weighted by molar-refractivity contribution is 5.69. The topological polar surface area (TPSA) is 106 Å². The van der Waals surface area contributed by atoms with E-state index in [2.05, 4.69) is 10.3 Å². The summed E-state index contributed by atoms with van der Waals surface area (Å²) in [5, 5.41) is 12.8. The lowest BCUT2D eigenvalue weighted by Crippen LogP contribution is -2.21. The largest absolute Gasteiger partial charge is 0.508 e. The lowest BCUT2D eigenvalue weighted by Gasteiger charge is -2.07. The maximum Gasteiger partial charge on any atom is 0.424 e. The summed E-state index contributed by atoms with van der Waals surface area (Å²) in [6, 6.07) is 8.60. The Bertz CT molecular complexity index is 929. The van der Waals surface area contributed by atoms with Crippen LogP contribution in [0.1, 0.15) is 5.56 Å². The number of rotatable bonds is 4. The summed E-state index contributed by atoms with van der Waals surface area (Å²) in [6.07, 6.45) is 2.08. The van der Waals surface area contributed by atoms with Gasteiger partial charge in [-0.3, -0.25) is 0 Å². The first-order valence-electron chi connectivity index (χ1n) is 6.58. The van der Waals surface area contributed by atoms with E-state index in [1.807, 2.05) is 12.1 Å². The highest BCUT2D eigenvalue weighted by Crippen LogP contribution is 2.17. The first kappa shape index (κ1) is 13.9. The van der Waals surface area contributed by atoms with Crippen LogP contribution in [0.25, 0.3) is 11.3 Å². The van der Waals surface area contributed by atoms with Crippen molar-refractivity contribution in [3.63, 3.8) is 0 Å². The number of phenolic OH excluding ortho intramolecular Hbond substituents is 1. The van der Waals surface area contributed by atoms with Gasteiger partial charge in [0, 0.05) is 12.6 Å². The molecule has 0 fully saturated rings. The highest BCUT2D eigenvalue weighted by atomic mass is 16.5. The minimum absolute atomic E-state index is 0.0316. The fourth-order valence-corrected chi connectivity index (χ4v) is 2.01. The molecule has 1 aromatic carbocycles. The number of nitrogens with one attached hydrogen (secondary N) is 1. The zero-order valence-electron chi connectivity index (χ0n) is 11.4. The second kappa shape index (κ2) is 5.72. The van der Waals surface area contributed by atoms with Gasteiger partial charge in [0.15, 0.2) is 5.58 Å². The van der Waals surface area contributed by atoms with Crippen molar-refractivity contribution in [1.29, 1.82) is 0 Å². The lowest BCUT2D eigenvalue weighted by atomic mass is 10.1. The smallest absolute Gasteiger partial charge is 0.424 e. The van der Waals surface area contributed by atoms with Gasteiger partial charge in [0.25, 0.3) is 5.71 Å². The Hall–Kier alpha value is -3.09. The Morgan fingerprint density at radius 2 is 1.91 bits per heavy atom. The molecule has 2 aromatic heterocycles. The van der Waals surface area contributed by atoms with Gasteiger partial charge in [0.1, 0.15) is 5.75 Å². The van der Waals surface area contributed by atoms with Gasteiger partial charge in [0.2, 0.25) is 0 Å². The van der Waals surface area contributed by atoms with Crippen molar-refractivity contribution in [2.24, 2.45) is 0 Å². The molecule has 0 aliphatic carbocycles. The second-order valence-electron chi connectivity index (χ2n) is 4.61. The van der Waals surface area contributed by atoms with Crippen LogP contribution in [0.4, 0.5) is 5.69 Å². The Kier molecular flexibility index (Phi) is 3.61. The first-order chi connectivity index (χ1) is 10.6. The number of pyridine rings is 1. The molecule has 0 saturated heterocycles. The summed E-state index contributed by atoms with van der Waals surface area (Å²) in [5.74, 6) is 0.244. The van der Waals surface area contributed by atoms with Crippen LogP contribution >= 0.6 is 0 Å². The zero-order chi connectivity index (χ0) is 15.5. The number of hydrogen-bond donors (Lipinski definition) is 2. The number of aromatic nitrogens is 1. The quantitative estimate of drug-likeness (QED) is 0.703. The first-order valence-corrected chi connectivity index (χ1v) is 6.58. The fraction of sp³-hybridized carbons (Fsp3) is 0.133. The SMILES string of the molecule is O=c1oc2cc(NCCc3ccccc3O)cnc2oc1=O. The molecule has 0 saturated carbocycles. The monoisotopic (exact) mass is 300 g/mol. The summed E-state index contributed by atoms with van der Waals surface area (Å²) in [7, 11) is 0. The number of nitrogens with zero attached hydrogens (tertiary/aromatic N) is 1. The van der Waals surface area contributed by atoms with Crippen LogP contribution in [0, 0.1) is 0 Å². The molecule has 0 amide bonds. The summed E-state index contributed by atoms with van der Waals surface area (Å²) < 4.78 is 9.52. The summed E-state index contributed by atoms with van der Waals surface area (Å²) in [6.45, 7) is 0.547. The number of phenols is 1. The molecular weight excluding hydrogens is 288 g/mol. The Labute approximate surface area is 123 Å². The van der Waals surface area contributed by atoms with Crippen LogP contribution in [0.5, 0.6) is 5.75 Å². The van der Waals surface area contributed by atoms with Crippen molar-refractivity contribution in [3.8, 4) is 5.75 Å². The molecular formula is C15H12N2O5. The minimum atomic E-state index is -1.08. The minimum Gasteiger partial charge on any atom is -0.508 e. The van der Waals surface area contributed by atoms with E-state index in [0.29, 0.717) is 18.7 Å². The molecule has 0 aliphatic heterocycles. The van der Waals surface area contributed by atoms with Crippen molar-refractivity contribution in [2.75, 3.05) is 11.9 Å². The Morgan fingerprint density at radius 1 is 1.14 bits per heavy atom. The van der Waals surface area contributed by atoms with E-state index < -0.39 is 11.3 Å². The molecule has 7 nitrogen and oxygen atoms in total. The van der Waals surface area contributed by atoms with Crippen molar-refractivity contribution in [2.45, 2.75) is 6.42 Å². The molecule has 3 aromatic rings. The third kappa shape index (κ3) is 2.83. The lowest BCUT2D eigenvalue weighted by molar-refractivity contribution is 0.442. The maximum absolute atomic E-state index is 11.1. The number of aromatic hydroxyl groups is 1. The molecule has 3 rings (SSSR count). The number of fused-ring (bicyclic) bond motifs is 1. The van der Waals surface area contributed by atoms with Crippen molar-refractivity contribution in [3.05, 3.63) is 62.9 Å². The molecule has 22 heavy (non-hydrogen) atoms. The zero-order valence-corrected chi connectivity index (χ0v) is 11.4. The van der Waals surface area contributed by atoms with Crippen LogP contribution in [0.3, 0.4) is 0 Å². The number of benzene rings is 1. The Morgan fingerprint density at radius 3 is 2.73 bits per heavy atom. The Balaban J connectivity index is 1.74. The third-order valence-electron chi connectivity index (χ3n) is 3.09. The number of anilines is 1. The molecule has 0 spiro atoms. The third-order valence-corrected chi connectivity index (χ3v) is 3.09. The van der Waals surface area contributed by atoms with E-state index in [9.17, 15) is 14.7 Å². The predicted molar refractivity (Wildman–Crippen MR) is 79.1 cm³/mol. The summed E-state index contributed by atoms with van der Waals surface area (Å²) in [4.78, 5) is 26.1. The predicted octanol–water partition coefficient (Wildman–Crippen LogP) is 1.50. The van der Waals surface area contributed by atoms with Gasteiger partial charge in [-0.15, -0.1) is 0 Å². The van der Waals surface area contributed by atoms with Crippen molar-refractivity contribution in [1.82, 2.24) is 4.98 Å². The van der Waals surface area contributed by atoms with E-state index in [1.165, 1.54) is 12.3 Å². The standard InChI is InChI=1S/C15H12N2O5/c18-11-4-2-1-3-9(11)5-6-16-10-7-12-13(17-8-10)22-15(20)14(19)21-12/h1-4,7-8,16,18H,5-6H2. The van der Waals surface area contributed by atoms with E-state index in [0.717, 1.165) is 5.56 Å². The molecule has 0 aliphatic rings. The van der Waals surface area contributed by atoms with Gasteiger partial charge < -0.3 is 19.3 Å². The fourth-order valence-electron chi connectivity index (χ4n) is 2.01. The van der Waals surface area contributed by atoms with E-state index in [4.69, 9.17) is 8.83 Å². The molecule has 0 radical (unpaired) electrons. The molecule has 7 heteroatoms. The second-order valence-corrected chi connectivity index (χ2v) is 4.61. The number of hydrogen-bond acceptors (Lipinski definition) is 7. The van der Waals surface area contributed by atoms with E-state index in [-0.39, 0.29) is 17.0 Å².